The van der Waals surface area contributed by atoms with Crippen LogP contribution >= 0.6 is 23.2 Å². The van der Waals surface area contributed by atoms with Crippen LogP contribution in [0.4, 0.5) is 32.0 Å². The van der Waals surface area contributed by atoms with E-state index in [1.54, 1.807) is 7.05 Å². The summed E-state index contributed by atoms with van der Waals surface area (Å²) < 4.78 is 121. The van der Waals surface area contributed by atoms with Gasteiger partial charge in [-0.15, -0.1) is 0 Å². The molecule has 40 heavy (non-hydrogen) atoms. The number of likely N-dealkylation sites (tertiary alicyclic amines) is 1. The third-order valence-corrected chi connectivity index (χ3v) is 7.63. The lowest BCUT2D eigenvalue weighted by Crippen LogP contribution is -2.23. The van der Waals surface area contributed by atoms with Gasteiger partial charge in [-0.05, 0) is 62.0 Å². The number of sulfonamides is 1. The average Bonchev–Trinajstić information content (AvgIpc) is 3.21. The predicted octanol–water partition coefficient (Wildman–Crippen LogP) is 7.71. The van der Waals surface area contributed by atoms with Gasteiger partial charge in [0.15, 0.2) is 0 Å². The predicted molar refractivity (Wildman–Crippen MR) is 137 cm³/mol. The molecule has 0 spiro atoms. The molecule has 1 aliphatic rings. The molecule has 3 aromatic rings. The van der Waals surface area contributed by atoms with Crippen molar-refractivity contribution in [1.29, 1.82) is 0 Å². The molecule has 0 radical (unpaired) electrons. The third kappa shape index (κ3) is 7.25. The molecule has 216 valence electrons. The lowest BCUT2D eigenvalue weighted by atomic mass is 10.1. The molecule has 0 unspecified atom stereocenters. The van der Waals surface area contributed by atoms with Crippen LogP contribution in [0.5, 0.6) is 17.2 Å². The summed E-state index contributed by atoms with van der Waals surface area (Å²) in [5, 5.41) is 0.193. The summed E-state index contributed by atoms with van der Waals surface area (Å²) in [5.41, 5.74) is -2.88. The molecule has 1 N–H and O–H groups in total. The van der Waals surface area contributed by atoms with Gasteiger partial charge in [0.2, 0.25) is 0 Å². The lowest BCUT2D eigenvalue weighted by molar-refractivity contribution is -0.139. The minimum absolute atomic E-state index is 0.0966. The Kier molecular flexibility index (Phi) is 8.42. The summed E-state index contributed by atoms with van der Waals surface area (Å²) in [4.78, 5) is 1.05. The van der Waals surface area contributed by atoms with E-state index in [2.05, 4.69) is 0 Å². The number of alkyl halides is 6. The molecule has 0 aromatic heterocycles. The largest absolute Gasteiger partial charge is 0.488 e. The lowest BCUT2D eigenvalue weighted by Gasteiger charge is -2.20. The topological polar surface area (TPSA) is 67.9 Å². The summed E-state index contributed by atoms with van der Waals surface area (Å²) in [6.07, 6.45) is -9.93. The van der Waals surface area contributed by atoms with Gasteiger partial charge in [0.1, 0.15) is 23.4 Å². The number of halogens is 8. The molecule has 0 bridgehead atoms. The number of anilines is 1. The van der Waals surface area contributed by atoms with Gasteiger partial charge in [-0.1, -0.05) is 23.2 Å². The van der Waals surface area contributed by atoms with Crippen LogP contribution < -0.4 is 14.2 Å². The van der Waals surface area contributed by atoms with E-state index in [4.69, 9.17) is 32.7 Å². The van der Waals surface area contributed by atoms with Gasteiger partial charge >= 0.3 is 12.4 Å². The highest BCUT2D eigenvalue weighted by Gasteiger charge is 2.37. The Balaban J connectivity index is 1.65. The van der Waals surface area contributed by atoms with E-state index >= 15 is 0 Å². The number of likely N-dealkylation sites (N-methyl/N-ethyl adjacent to an activating group) is 1. The molecule has 1 atom stereocenters. The van der Waals surface area contributed by atoms with Crippen LogP contribution in [0.15, 0.2) is 59.5 Å². The zero-order valence-electron chi connectivity index (χ0n) is 20.4. The maximum absolute atomic E-state index is 13.9. The Morgan fingerprint density at radius 2 is 1.52 bits per heavy atom. The standard InChI is InChI=1S/C25H20Cl2F6N2O4S/c1-35-7-6-17(13-35)38-23-11-16(2-4-20(23)24(28,29)30)34-40(36,37)19-3-5-22(21(12-19)25(31,32)33)39-18-9-14(26)8-15(27)10-18/h2-5,8-12,17,34H,6-7,13H2,1H3/t17-/m1/s1. The number of nitrogens with zero attached hydrogens (tertiary/aromatic N) is 1. The average molecular weight is 629 g/mol. The second kappa shape index (κ2) is 11.2. The molecule has 6 nitrogen and oxygen atoms in total. The van der Waals surface area contributed by atoms with Crippen molar-refractivity contribution in [2.75, 3.05) is 24.9 Å². The highest BCUT2D eigenvalue weighted by molar-refractivity contribution is 7.92. The molecule has 1 saturated heterocycles. The Labute approximate surface area is 235 Å². The van der Waals surface area contributed by atoms with Crippen LogP contribution in [0.1, 0.15) is 17.5 Å². The molecule has 15 heteroatoms. The molecular formula is C25H20Cl2F6N2O4S. The quantitative estimate of drug-likeness (QED) is 0.272. The molecule has 1 heterocycles. The molecule has 4 rings (SSSR count). The molecule has 1 fully saturated rings. The first-order valence-electron chi connectivity index (χ1n) is 11.5. The van der Waals surface area contributed by atoms with Gasteiger partial charge in [0, 0.05) is 29.2 Å². The van der Waals surface area contributed by atoms with Gasteiger partial charge in [-0.3, -0.25) is 4.72 Å². The number of rotatable bonds is 7. The van der Waals surface area contributed by atoms with Crippen molar-refractivity contribution in [2.24, 2.45) is 0 Å². The first-order valence-corrected chi connectivity index (χ1v) is 13.7. The Hall–Kier alpha value is -2.87. The van der Waals surface area contributed by atoms with Crippen molar-refractivity contribution in [2.45, 2.75) is 29.8 Å². The van der Waals surface area contributed by atoms with Crippen molar-refractivity contribution in [3.05, 3.63) is 75.8 Å². The van der Waals surface area contributed by atoms with Crippen molar-refractivity contribution in [3.63, 3.8) is 0 Å². The maximum atomic E-state index is 13.9. The summed E-state index contributed by atoms with van der Waals surface area (Å²) >= 11 is 11.7. The monoisotopic (exact) mass is 628 g/mol. The number of nitrogens with one attached hydrogen (secondary N) is 1. The van der Waals surface area contributed by atoms with E-state index in [-0.39, 0.29) is 21.5 Å². The smallest absolute Gasteiger partial charge is 0.420 e. The Morgan fingerprint density at radius 1 is 0.875 bits per heavy atom. The van der Waals surface area contributed by atoms with E-state index in [0.29, 0.717) is 31.6 Å². The van der Waals surface area contributed by atoms with Crippen LogP contribution in [0, 0.1) is 0 Å². The summed E-state index contributed by atoms with van der Waals surface area (Å²) in [6.45, 7) is 0.965. The summed E-state index contributed by atoms with van der Waals surface area (Å²) in [5.74, 6) is -1.45. The van der Waals surface area contributed by atoms with Gasteiger partial charge in [-0.2, -0.15) is 26.3 Å². The van der Waals surface area contributed by atoms with E-state index < -0.39 is 56.0 Å². The fraction of sp³-hybridized carbons (Fsp3) is 0.280. The Morgan fingerprint density at radius 3 is 2.10 bits per heavy atom. The maximum Gasteiger partial charge on any atom is 0.420 e. The second-order valence-corrected chi connectivity index (χ2v) is 11.5. The van der Waals surface area contributed by atoms with Gasteiger partial charge < -0.3 is 14.4 Å². The van der Waals surface area contributed by atoms with Crippen molar-refractivity contribution in [1.82, 2.24) is 4.90 Å². The molecule has 3 aromatic carbocycles. The fourth-order valence-corrected chi connectivity index (χ4v) is 5.58. The number of hydrogen-bond acceptors (Lipinski definition) is 5. The first-order chi connectivity index (χ1) is 18.5. The van der Waals surface area contributed by atoms with Gasteiger partial charge in [0.05, 0.1) is 21.7 Å². The van der Waals surface area contributed by atoms with E-state index in [1.165, 1.54) is 18.2 Å². The van der Waals surface area contributed by atoms with Gasteiger partial charge in [-0.25, -0.2) is 8.42 Å². The molecule has 0 amide bonds. The van der Waals surface area contributed by atoms with Crippen LogP contribution in [0.2, 0.25) is 10.0 Å². The van der Waals surface area contributed by atoms with Crippen molar-refractivity contribution in [3.8, 4) is 17.2 Å². The van der Waals surface area contributed by atoms with E-state index in [0.717, 1.165) is 24.3 Å². The van der Waals surface area contributed by atoms with Crippen LogP contribution in [0.3, 0.4) is 0 Å². The minimum atomic E-state index is -5.03. The van der Waals surface area contributed by atoms with Crippen LogP contribution in [-0.4, -0.2) is 39.6 Å². The molecule has 0 saturated carbocycles. The second-order valence-electron chi connectivity index (χ2n) is 8.97. The number of ether oxygens (including phenoxy) is 2. The first kappa shape index (κ1) is 30.1. The molecule has 0 aliphatic carbocycles. The van der Waals surface area contributed by atoms with Crippen molar-refractivity contribution >= 4 is 38.9 Å². The third-order valence-electron chi connectivity index (χ3n) is 5.81. The van der Waals surface area contributed by atoms with E-state index in [1.807, 2.05) is 9.62 Å². The van der Waals surface area contributed by atoms with Crippen molar-refractivity contribution < 1.29 is 44.2 Å². The van der Waals surface area contributed by atoms with Crippen LogP contribution in [0.25, 0.3) is 0 Å². The summed E-state index contributed by atoms with van der Waals surface area (Å²) in [6, 6.07) is 8.11. The number of hydrogen-bond donors (Lipinski definition) is 1. The Bertz CT molecular complexity index is 1500. The molecular weight excluding hydrogens is 609 g/mol. The van der Waals surface area contributed by atoms with Gasteiger partial charge in [0.25, 0.3) is 10.0 Å². The summed E-state index contributed by atoms with van der Waals surface area (Å²) in [7, 11) is -2.92. The normalized spacial score (nSPS) is 16.7. The number of benzene rings is 3. The van der Waals surface area contributed by atoms with E-state index in [9.17, 15) is 34.8 Å². The fourth-order valence-electron chi connectivity index (χ4n) is 4.00. The molecule has 1 aliphatic heterocycles. The highest BCUT2D eigenvalue weighted by Crippen LogP contribution is 2.42. The SMILES string of the molecule is CN1CC[C@@H](Oc2cc(NS(=O)(=O)c3ccc(Oc4cc(Cl)cc(Cl)c4)c(C(F)(F)F)c3)ccc2C(F)(F)F)C1. The minimum Gasteiger partial charge on any atom is -0.488 e. The zero-order chi connectivity index (χ0) is 29.5. The highest BCUT2D eigenvalue weighted by atomic mass is 35.5. The zero-order valence-corrected chi connectivity index (χ0v) is 22.7. The van der Waals surface area contributed by atoms with Crippen LogP contribution in [-0.2, 0) is 22.4 Å².